The quantitative estimate of drug-likeness (QED) is 0.645. The molecule has 1 aliphatic rings. The fourth-order valence-corrected chi connectivity index (χ4v) is 1.92. The number of hydrogen-bond donors (Lipinski definition) is 1. The lowest BCUT2D eigenvalue weighted by atomic mass is 10.1. The van der Waals surface area contributed by atoms with Crippen LogP contribution in [-0.4, -0.2) is 33.5 Å². The van der Waals surface area contributed by atoms with E-state index in [1.165, 1.54) is 23.1 Å². The van der Waals surface area contributed by atoms with E-state index in [0.717, 1.165) is 0 Å². The second-order valence-electron chi connectivity index (χ2n) is 3.94. The maximum absolute atomic E-state index is 12.2. The molecular weight excluding hydrogens is 236 g/mol. The van der Waals surface area contributed by atoms with Crippen LogP contribution in [0.25, 0.3) is 0 Å². The van der Waals surface area contributed by atoms with Crippen LogP contribution in [0.2, 0.25) is 0 Å². The third-order valence-electron chi connectivity index (χ3n) is 2.84. The normalized spacial score (nSPS) is 18.1. The summed E-state index contributed by atoms with van der Waals surface area (Å²) in [6.07, 6.45) is 3.87. The van der Waals surface area contributed by atoms with Crippen molar-refractivity contribution in [3.05, 3.63) is 52.2 Å². The number of nitrogens with zero attached hydrogens (tertiary/aromatic N) is 2. The van der Waals surface area contributed by atoms with Gasteiger partial charge in [0.25, 0.3) is 11.6 Å². The number of benzene rings is 1. The predicted octanol–water partition coefficient (Wildman–Crippen LogP) is 1.32. The Balaban J connectivity index is 2.34. The Morgan fingerprint density at radius 1 is 1.50 bits per heavy atom. The van der Waals surface area contributed by atoms with Crippen LogP contribution in [0.15, 0.2) is 36.5 Å². The van der Waals surface area contributed by atoms with E-state index in [-0.39, 0.29) is 23.9 Å². The standard InChI is InChI=1S/C12H12N2O4/c15-8-9-4-3-7-13(9)12(16)10-5-1-2-6-11(10)14(17)18/h1-3,5-7,9,15H,4,8H2/t9-/m0/s1. The van der Waals surface area contributed by atoms with Crippen molar-refractivity contribution < 1.29 is 14.8 Å². The minimum Gasteiger partial charge on any atom is -0.394 e. The van der Waals surface area contributed by atoms with Gasteiger partial charge in [0.2, 0.25) is 0 Å². The molecule has 6 nitrogen and oxygen atoms in total. The maximum atomic E-state index is 12.2. The highest BCUT2D eigenvalue weighted by Gasteiger charge is 2.29. The van der Waals surface area contributed by atoms with Gasteiger partial charge in [-0.25, -0.2) is 0 Å². The Labute approximate surface area is 103 Å². The van der Waals surface area contributed by atoms with Crippen molar-refractivity contribution in [3.63, 3.8) is 0 Å². The Hall–Kier alpha value is -2.21. The molecule has 1 N–H and O–H groups in total. The molecule has 0 radical (unpaired) electrons. The molecule has 0 saturated heterocycles. The number of hydrogen-bond acceptors (Lipinski definition) is 4. The van der Waals surface area contributed by atoms with Gasteiger partial charge < -0.3 is 10.0 Å². The van der Waals surface area contributed by atoms with Gasteiger partial charge in [-0.1, -0.05) is 18.2 Å². The van der Waals surface area contributed by atoms with Crippen molar-refractivity contribution in [1.82, 2.24) is 4.90 Å². The molecule has 0 fully saturated rings. The summed E-state index contributed by atoms with van der Waals surface area (Å²) < 4.78 is 0. The fraction of sp³-hybridized carbons (Fsp3) is 0.250. The predicted molar refractivity (Wildman–Crippen MR) is 63.9 cm³/mol. The highest BCUT2D eigenvalue weighted by Crippen LogP contribution is 2.23. The van der Waals surface area contributed by atoms with E-state index in [1.807, 2.05) is 0 Å². The molecule has 18 heavy (non-hydrogen) atoms. The highest BCUT2D eigenvalue weighted by atomic mass is 16.6. The third kappa shape index (κ3) is 2.10. The zero-order chi connectivity index (χ0) is 13.1. The largest absolute Gasteiger partial charge is 0.394 e. The first-order valence-corrected chi connectivity index (χ1v) is 5.48. The molecule has 0 spiro atoms. The van der Waals surface area contributed by atoms with E-state index in [4.69, 9.17) is 5.11 Å². The van der Waals surface area contributed by atoms with Crippen molar-refractivity contribution in [3.8, 4) is 0 Å². The van der Waals surface area contributed by atoms with Crippen LogP contribution in [0.5, 0.6) is 0 Å². The molecule has 0 aromatic heterocycles. The molecule has 0 bridgehead atoms. The number of carbonyl (C=O) groups is 1. The topological polar surface area (TPSA) is 83.7 Å². The summed E-state index contributed by atoms with van der Waals surface area (Å²) in [7, 11) is 0. The van der Waals surface area contributed by atoms with E-state index >= 15 is 0 Å². The summed E-state index contributed by atoms with van der Waals surface area (Å²) in [6.45, 7) is -0.167. The summed E-state index contributed by atoms with van der Waals surface area (Å²) in [6, 6.07) is 5.46. The Morgan fingerprint density at radius 3 is 2.89 bits per heavy atom. The first-order chi connectivity index (χ1) is 8.65. The van der Waals surface area contributed by atoms with Gasteiger partial charge in [0, 0.05) is 12.3 Å². The average Bonchev–Trinajstić information content (AvgIpc) is 2.86. The molecule has 1 aromatic carbocycles. The van der Waals surface area contributed by atoms with Crippen LogP contribution < -0.4 is 0 Å². The van der Waals surface area contributed by atoms with Gasteiger partial charge in [0.1, 0.15) is 5.56 Å². The zero-order valence-corrected chi connectivity index (χ0v) is 9.52. The average molecular weight is 248 g/mol. The number of nitro groups is 1. The molecule has 1 aliphatic heterocycles. The highest BCUT2D eigenvalue weighted by molar-refractivity contribution is 5.99. The molecule has 1 heterocycles. The molecule has 0 saturated carbocycles. The third-order valence-corrected chi connectivity index (χ3v) is 2.84. The van der Waals surface area contributed by atoms with E-state index in [2.05, 4.69) is 0 Å². The monoisotopic (exact) mass is 248 g/mol. The Morgan fingerprint density at radius 2 is 2.22 bits per heavy atom. The number of aliphatic hydroxyl groups excluding tert-OH is 1. The maximum Gasteiger partial charge on any atom is 0.282 e. The van der Waals surface area contributed by atoms with Crippen LogP contribution >= 0.6 is 0 Å². The number of amides is 1. The number of rotatable bonds is 3. The minimum absolute atomic E-state index is 0.0347. The number of carbonyl (C=O) groups excluding carboxylic acids is 1. The number of nitro benzene ring substituents is 1. The molecule has 1 aromatic rings. The lowest BCUT2D eigenvalue weighted by molar-refractivity contribution is -0.385. The molecular formula is C12H12N2O4. The SMILES string of the molecule is O=C(c1ccccc1[N+](=O)[O-])N1C=CC[C@H]1CO. The molecule has 1 atom stereocenters. The molecule has 0 unspecified atom stereocenters. The molecule has 1 amide bonds. The summed E-state index contributed by atoms with van der Waals surface area (Å²) in [4.78, 5) is 23.8. The van der Waals surface area contributed by atoms with Crippen LogP contribution in [0, 0.1) is 10.1 Å². The van der Waals surface area contributed by atoms with Crippen LogP contribution in [0.1, 0.15) is 16.8 Å². The van der Waals surface area contributed by atoms with Gasteiger partial charge in [-0.2, -0.15) is 0 Å². The first kappa shape index (κ1) is 12.3. The van der Waals surface area contributed by atoms with Crippen molar-refractivity contribution in [2.24, 2.45) is 0 Å². The number of para-hydroxylation sites is 1. The summed E-state index contributed by atoms with van der Waals surface area (Å²) in [5, 5.41) is 20.0. The van der Waals surface area contributed by atoms with Gasteiger partial charge in [0.05, 0.1) is 17.6 Å². The van der Waals surface area contributed by atoms with Crippen LogP contribution in [0.4, 0.5) is 5.69 Å². The smallest absolute Gasteiger partial charge is 0.282 e. The molecule has 0 aliphatic carbocycles. The van der Waals surface area contributed by atoms with Crippen molar-refractivity contribution in [1.29, 1.82) is 0 Å². The van der Waals surface area contributed by atoms with E-state index in [0.29, 0.717) is 6.42 Å². The number of aliphatic hydroxyl groups is 1. The van der Waals surface area contributed by atoms with E-state index in [9.17, 15) is 14.9 Å². The minimum atomic E-state index is -0.582. The lowest BCUT2D eigenvalue weighted by Gasteiger charge is -2.21. The van der Waals surface area contributed by atoms with Gasteiger partial charge in [-0.15, -0.1) is 0 Å². The molecule has 94 valence electrons. The lowest BCUT2D eigenvalue weighted by Crippen LogP contribution is -2.35. The van der Waals surface area contributed by atoms with Gasteiger partial charge in [-0.3, -0.25) is 14.9 Å². The van der Waals surface area contributed by atoms with Crippen molar-refractivity contribution in [2.45, 2.75) is 12.5 Å². The van der Waals surface area contributed by atoms with Crippen LogP contribution in [0.3, 0.4) is 0 Å². The second-order valence-corrected chi connectivity index (χ2v) is 3.94. The molecule has 6 heteroatoms. The van der Waals surface area contributed by atoms with Gasteiger partial charge in [-0.05, 0) is 12.5 Å². The second kappa shape index (κ2) is 4.97. The van der Waals surface area contributed by atoms with Crippen LogP contribution in [-0.2, 0) is 0 Å². The Bertz CT molecular complexity index is 513. The Kier molecular flexibility index (Phi) is 3.38. The van der Waals surface area contributed by atoms with E-state index < -0.39 is 10.8 Å². The first-order valence-electron chi connectivity index (χ1n) is 5.48. The van der Waals surface area contributed by atoms with Gasteiger partial charge >= 0.3 is 0 Å². The summed E-state index contributed by atoms with van der Waals surface area (Å²) >= 11 is 0. The summed E-state index contributed by atoms with van der Waals surface area (Å²) in [5.74, 6) is -0.463. The molecule has 2 rings (SSSR count). The fourth-order valence-electron chi connectivity index (χ4n) is 1.92. The van der Waals surface area contributed by atoms with Crippen molar-refractivity contribution >= 4 is 11.6 Å². The summed E-state index contributed by atoms with van der Waals surface area (Å²) in [5.41, 5.74) is -0.188. The van der Waals surface area contributed by atoms with Crippen molar-refractivity contribution in [2.75, 3.05) is 6.61 Å². The van der Waals surface area contributed by atoms with E-state index in [1.54, 1.807) is 18.3 Å². The van der Waals surface area contributed by atoms with Gasteiger partial charge in [0.15, 0.2) is 0 Å². The zero-order valence-electron chi connectivity index (χ0n) is 9.52.